The molecule has 6 nitrogen and oxygen atoms in total. The molecule has 1 fully saturated rings. The smallest absolute Gasteiger partial charge is 0.231 e. The van der Waals surface area contributed by atoms with Crippen molar-refractivity contribution in [2.75, 3.05) is 16.8 Å². The van der Waals surface area contributed by atoms with Crippen LogP contribution in [0.15, 0.2) is 28.7 Å². The number of aryl methyl sites for hydroxylation is 1. The number of aromatic nitrogens is 2. The quantitative estimate of drug-likeness (QED) is 0.770. The number of nitrogens with one attached hydrogen (secondary N) is 1. The van der Waals surface area contributed by atoms with Crippen LogP contribution in [0.1, 0.15) is 31.2 Å². The van der Waals surface area contributed by atoms with Crippen LogP contribution in [0.4, 0.5) is 10.8 Å². The van der Waals surface area contributed by atoms with Gasteiger partial charge < -0.3 is 10.2 Å². The summed E-state index contributed by atoms with van der Waals surface area (Å²) < 4.78 is 0.842. The summed E-state index contributed by atoms with van der Waals surface area (Å²) in [5.74, 6) is -0.614. The maximum absolute atomic E-state index is 12.5. The Balaban J connectivity index is 1.63. The summed E-state index contributed by atoms with van der Waals surface area (Å²) in [6.07, 6.45) is 3.23. The number of carbonyl (C=O) groups is 2. The number of para-hydroxylation sites is 1. The van der Waals surface area contributed by atoms with Crippen LogP contribution in [0.2, 0.25) is 0 Å². The van der Waals surface area contributed by atoms with Gasteiger partial charge in [-0.15, -0.1) is 10.2 Å². The fraction of sp³-hybridized carbons (Fsp3) is 0.412. The molecule has 1 aliphatic rings. The molecule has 2 amide bonds. The molecule has 1 aromatic carbocycles. The molecule has 2 aromatic rings. The summed E-state index contributed by atoms with van der Waals surface area (Å²) in [4.78, 5) is 26.5. The van der Waals surface area contributed by atoms with Crippen molar-refractivity contribution in [1.82, 2.24) is 10.2 Å². The third-order valence-electron chi connectivity index (χ3n) is 4.08. The van der Waals surface area contributed by atoms with Crippen molar-refractivity contribution in [1.29, 1.82) is 0 Å². The Hall–Kier alpha value is -1.80. The predicted molar refractivity (Wildman–Crippen MR) is 102 cm³/mol. The van der Waals surface area contributed by atoms with Crippen molar-refractivity contribution in [2.45, 2.75) is 32.6 Å². The number of unbranched alkanes of at least 4 members (excludes halogenated alkanes) is 1. The van der Waals surface area contributed by atoms with Gasteiger partial charge in [-0.25, -0.2) is 0 Å². The number of hydrogen-bond acceptors (Lipinski definition) is 5. The molecular formula is C17H19BrN4O2S. The third kappa shape index (κ3) is 4.24. The molecule has 2 heterocycles. The number of anilines is 2. The van der Waals surface area contributed by atoms with Gasteiger partial charge in [-0.05, 0) is 34.5 Å². The zero-order valence-electron chi connectivity index (χ0n) is 13.9. The number of carbonyl (C=O) groups excluding carboxylic acids is 2. The van der Waals surface area contributed by atoms with Crippen LogP contribution in [0.5, 0.6) is 0 Å². The highest BCUT2D eigenvalue weighted by atomic mass is 79.9. The summed E-state index contributed by atoms with van der Waals surface area (Å²) in [6.45, 7) is 2.49. The van der Waals surface area contributed by atoms with Gasteiger partial charge in [0.05, 0.1) is 11.6 Å². The highest BCUT2D eigenvalue weighted by Gasteiger charge is 2.36. The third-order valence-corrected chi connectivity index (χ3v) is 5.65. The Kier molecular flexibility index (Phi) is 5.80. The van der Waals surface area contributed by atoms with E-state index in [1.165, 1.54) is 11.3 Å². The van der Waals surface area contributed by atoms with Crippen molar-refractivity contribution in [3.05, 3.63) is 33.7 Å². The van der Waals surface area contributed by atoms with Gasteiger partial charge in [0.25, 0.3) is 0 Å². The van der Waals surface area contributed by atoms with Crippen LogP contribution in [-0.2, 0) is 16.0 Å². The first kappa shape index (κ1) is 18.0. The first-order valence-electron chi connectivity index (χ1n) is 8.26. The van der Waals surface area contributed by atoms with Gasteiger partial charge in [-0.3, -0.25) is 9.59 Å². The highest BCUT2D eigenvalue weighted by molar-refractivity contribution is 9.10. The number of rotatable bonds is 6. The number of benzene rings is 1. The van der Waals surface area contributed by atoms with Crippen LogP contribution in [0.3, 0.4) is 0 Å². The van der Waals surface area contributed by atoms with E-state index in [0.29, 0.717) is 11.7 Å². The van der Waals surface area contributed by atoms with E-state index >= 15 is 0 Å². The van der Waals surface area contributed by atoms with Crippen molar-refractivity contribution in [2.24, 2.45) is 5.92 Å². The van der Waals surface area contributed by atoms with Crippen LogP contribution >= 0.6 is 27.3 Å². The molecule has 0 aliphatic carbocycles. The zero-order chi connectivity index (χ0) is 17.8. The number of amides is 2. The molecule has 3 rings (SSSR count). The summed E-state index contributed by atoms with van der Waals surface area (Å²) >= 11 is 4.86. The fourth-order valence-corrected chi connectivity index (χ4v) is 4.01. The topological polar surface area (TPSA) is 75.2 Å². The van der Waals surface area contributed by atoms with Crippen molar-refractivity contribution in [3.63, 3.8) is 0 Å². The SMILES string of the molecule is CCCCc1nnc(NC(=O)C2CC(=O)N(c3ccccc3Br)C2)s1. The lowest BCUT2D eigenvalue weighted by Gasteiger charge is -2.18. The first-order chi connectivity index (χ1) is 12.1. The molecule has 0 bridgehead atoms. The monoisotopic (exact) mass is 422 g/mol. The van der Waals surface area contributed by atoms with E-state index in [2.05, 4.69) is 38.4 Å². The lowest BCUT2D eigenvalue weighted by molar-refractivity contribution is -0.122. The Morgan fingerprint density at radius 3 is 2.96 bits per heavy atom. The normalized spacial score (nSPS) is 17.1. The van der Waals surface area contributed by atoms with E-state index in [-0.39, 0.29) is 24.2 Å². The molecular weight excluding hydrogens is 404 g/mol. The van der Waals surface area contributed by atoms with Gasteiger partial charge in [0.15, 0.2) is 0 Å². The van der Waals surface area contributed by atoms with Crippen LogP contribution in [0, 0.1) is 5.92 Å². The maximum Gasteiger partial charge on any atom is 0.231 e. The lowest BCUT2D eigenvalue weighted by Crippen LogP contribution is -2.28. The number of nitrogens with zero attached hydrogens (tertiary/aromatic N) is 3. The second-order valence-corrected chi connectivity index (χ2v) is 7.87. The molecule has 8 heteroatoms. The Morgan fingerprint density at radius 1 is 1.40 bits per heavy atom. The molecule has 1 N–H and O–H groups in total. The second-order valence-electron chi connectivity index (χ2n) is 5.95. The van der Waals surface area contributed by atoms with Crippen LogP contribution in [-0.4, -0.2) is 28.6 Å². The molecule has 1 atom stereocenters. The van der Waals surface area contributed by atoms with Crippen molar-refractivity contribution < 1.29 is 9.59 Å². The van der Waals surface area contributed by atoms with Gasteiger partial charge in [-0.1, -0.05) is 36.8 Å². The molecule has 1 aliphatic heterocycles. The predicted octanol–water partition coefficient (Wildman–Crippen LogP) is 3.63. The van der Waals surface area contributed by atoms with E-state index in [4.69, 9.17) is 0 Å². The minimum atomic E-state index is -0.386. The van der Waals surface area contributed by atoms with Gasteiger partial charge in [0.2, 0.25) is 16.9 Å². The van der Waals surface area contributed by atoms with E-state index in [0.717, 1.165) is 34.4 Å². The molecule has 1 unspecified atom stereocenters. The van der Waals surface area contributed by atoms with E-state index in [1.807, 2.05) is 24.3 Å². The second kappa shape index (κ2) is 8.05. The summed E-state index contributed by atoms with van der Waals surface area (Å²) in [5.41, 5.74) is 0.792. The van der Waals surface area contributed by atoms with E-state index in [9.17, 15) is 9.59 Å². The van der Waals surface area contributed by atoms with Crippen LogP contribution < -0.4 is 10.2 Å². The molecule has 1 aromatic heterocycles. The average molecular weight is 423 g/mol. The summed E-state index contributed by atoms with van der Waals surface area (Å²) in [6, 6.07) is 7.52. The maximum atomic E-state index is 12.5. The Morgan fingerprint density at radius 2 is 2.20 bits per heavy atom. The molecule has 1 saturated heterocycles. The minimum absolute atomic E-state index is 0.0482. The minimum Gasteiger partial charge on any atom is -0.310 e. The average Bonchev–Trinajstić information content (AvgIpc) is 3.20. The first-order valence-corrected chi connectivity index (χ1v) is 9.87. The molecule has 0 spiro atoms. The van der Waals surface area contributed by atoms with E-state index in [1.54, 1.807) is 4.90 Å². The zero-order valence-corrected chi connectivity index (χ0v) is 16.3. The Bertz CT molecular complexity index is 780. The van der Waals surface area contributed by atoms with Gasteiger partial charge in [0.1, 0.15) is 5.01 Å². The largest absolute Gasteiger partial charge is 0.310 e. The highest BCUT2D eigenvalue weighted by Crippen LogP contribution is 2.31. The lowest BCUT2D eigenvalue weighted by atomic mass is 10.1. The van der Waals surface area contributed by atoms with Crippen molar-refractivity contribution in [3.8, 4) is 0 Å². The molecule has 0 saturated carbocycles. The molecule has 25 heavy (non-hydrogen) atoms. The van der Waals surface area contributed by atoms with Gasteiger partial charge >= 0.3 is 0 Å². The number of hydrogen-bond donors (Lipinski definition) is 1. The van der Waals surface area contributed by atoms with Gasteiger partial charge in [-0.2, -0.15) is 0 Å². The number of halogens is 1. The molecule has 0 radical (unpaired) electrons. The summed E-state index contributed by atoms with van der Waals surface area (Å²) in [5, 5.41) is 12.3. The van der Waals surface area contributed by atoms with Crippen LogP contribution in [0.25, 0.3) is 0 Å². The van der Waals surface area contributed by atoms with Gasteiger partial charge in [0, 0.05) is 23.9 Å². The molecule has 132 valence electrons. The van der Waals surface area contributed by atoms with Crippen molar-refractivity contribution >= 4 is 49.9 Å². The van der Waals surface area contributed by atoms with E-state index < -0.39 is 0 Å². The summed E-state index contributed by atoms with van der Waals surface area (Å²) in [7, 11) is 0. The Labute approximate surface area is 158 Å². The fourth-order valence-electron chi connectivity index (χ4n) is 2.73. The standard InChI is InChI=1S/C17H19BrN4O2S/c1-2-3-8-14-20-21-17(25-14)19-16(24)11-9-15(23)22(10-11)13-7-5-4-6-12(13)18/h4-7,11H,2-3,8-10H2,1H3,(H,19,21,24).